The number of nitrogen functional groups attached to an aromatic ring is 1. The van der Waals surface area contributed by atoms with Gasteiger partial charge in [-0.1, -0.05) is 6.92 Å². The van der Waals surface area contributed by atoms with Gasteiger partial charge in [0, 0.05) is 11.1 Å². The molecule has 3 aromatic heterocycles. The van der Waals surface area contributed by atoms with E-state index in [-0.39, 0.29) is 0 Å². The van der Waals surface area contributed by atoms with Crippen molar-refractivity contribution < 1.29 is 13.2 Å². The number of rotatable bonds is 2. The third-order valence-corrected chi connectivity index (χ3v) is 4.24. The van der Waals surface area contributed by atoms with Gasteiger partial charge >= 0.3 is 6.18 Å². The Bertz CT molecular complexity index is 803. The Morgan fingerprint density at radius 2 is 2.05 bits per heavy atom. The van der Waals surface area contributed by atoms with E-state index >= 15 is 0 Å². The summed E-state index contributed by atoms with van der Waals surface area (Å²) in [6.07, 6.45) is -2.61. The maximum Gasteiger partial charge on any atom is 0.417 e. The van der Waals surface area contributed by atoms with Crippen LogP contribution in [0.3, 0.4) is 0 Å². The van der Waals surface area contributed by atoms with E-state index < -0.39 is 11.7 Å². The van der Waals surface area contributed by atoms with Gasteiger partial charge in [0.25, 0.3) is 0 Å². The average molecular weight is 312 g/mol. The lowest BCUT2D eigenvalue weighted by atomic mass is 10.2. The quantitative estimate of drug-likeness (QED) is 0.786. The summed E-state index contributed by atoms with van der Waals surface area (Å²) < 4.78 is 39.8. The maximum atomic E-state index is 12.8. The molecule has 8 heteroatoms. The van der Waals surface area contributed by atoms with Crippen LogP contribution in [0.5, 0.6) is 0 Å². The second-order valence-electron chi connectivity index (χ2n) is 4.51. The van der Waals surface area contributed by atoms with Crippen molar-refractivity contribution in [3.63, 3.8) is 0 Å². The molecule has 0 aliphatic carbocycles. The van der Waals surface area contributed by atoms with Crippen molar-refractivity contribution in [2.24, 2.45) is 0 Å². The molecule has 0 saturated carbocycles. The zero-order chi connectivity index (χ0) is 15.2. The third kappa shape index (κ3) is 2.35. The molecule has 0 spiro atoms. The number of aryl methyl sites for hydroxylation is 1. The van der Waals surface area contributed by atoms with E-state index in [9.17, 15) is 13.2 Å². The monoisotopic (exact) mass is 312 g/mol. The predicted octanol–water partition coefficient (Wildman–Crippen LogP) is 3.62. The van der Waals surface area contributed by atoms with Crippen LogP contribution in [-0.2, 0) is 12.6 Å². The van der Waals surface area contributed by atoms with Crippen molar-refractivity contribution in [1.82, 2.24) is 14.6 Å². The standard InChI is InChI=1S/C13H11F3N4S/c1-2-8-5-9(11(17)21-8)12-19-18-10-4-3-7(6-20(10)12)13(14,15)16/h3-6H,2,17H2,1H3. The summed E-state index contributed by atoms with van der Waals surface area (Å²) in [5.41, 5.74) is 6.15. The number of nitrogens with zero attached hydrogens (tertiary/aromatic N) is 3. The molecule has 110 valence electrons. The zero-order valence-electron chi connectivity index (χ0n) is 11.0. The highest BCUT2D eigenvalue weighted by Gasteiger charge is 2.31. The molecule has 0 radical (unpaired) electrons. The lowest BCUT2D eigenvalue weighted by Gasteiger charge is -2.07. The number of alkyl halides is 3. The first-order valence-electron chi connectivity index (χ1n) is 6.20. The number of pyridine rings is 1. The summed E-state index contributed by atoms with van der Waals surface area (Å²) in [5, 5.41) is 8.39. The van der Waals surface area contributed by atoms with Crippen LogP contribution in [0.25, 0.3) is 17.0 Å². The van der Waals surface area contributed by atoms with E-state index in [1.54, 1.807) is 0 Å². The smallest absolute Gasteiger partial charge is 0.390 e. The van der Waals surface area contributed by atoms with E-state index in [0.717, 1.165) is 23.6 Å². The lowest BCUT2D eigenvalue weighted by Crippen LogP contribution is -2.06. The minimum absolute atomic E-state index is 0.324. The van der Waals surface area contributed by atoms with Gasteiger partial charge in [0.05, 0.1) is 16.1 Å². The fourth-order valence-electron chi connectivity index (χ4n) is 2.05. The van der Waals surface area contributed by atoms with Gasteiger partial charge in [-0.2, -0.15) is 13.2 Å². The second kappa shape index (κ2) is 4.73. The number of fused-ring (bicyclic) bond motifs is 1. The molecule has 0 saturated heterocycles. The molecule has 0 aliphatic heterocycles. The summed E-state index contributed by atoms with van der Waals surface area (Å²) >= 11 is 1.41. The third-order valence-electron chi connectivity index (χ3n) is 3.13. The van der Waals surface area contributed by atoms with Gasteiger partial charge in [-0.15, -0.1) is 21.5 Å². The molecule has 0 unspecified atom stereocenters. The summed E-state index contributed by atoms with van der Waals surface area (Å²) in [6, 6.07) is 4.13. The number of anilines is 1. The number of hydrogen-bond donors (Lipinski definition) is 1. The van der Waals surface area contributed by atoms with Crippen LogP contribution < -0.4 is 5.73 Å². The Hall–Kier alpha value is -2.09. The number of halogens is 3. The molecule has 0 aromatic carbocycles. The minimum Gasteiger partial charge on any atom is -0.390 e. The van der Waals surface area contributed by atoms with Crippen LogP contribution in [0.1, 0.15) is 17.4 Å². The van der Waals surface area contributed by atoms with Gasteiger partial charge < -0.3 is 5.73 Å². The number of hydrogen-bond acceptors (Lipinski definition) is 4. The average Bonchev–Trinajstić information content (AvgIpc) is 3.00. The fourth-order valence-corrected chi connectivity index (χ4v) is 2.91. The molecule has 0 atom stereocenters. The highest BCUT2D eigenvalue weighted by Crippen LogP contribution is 2.35. The molecule has 21 heavy (non-hydrogen) atoms. The second-order valence-corrected chi connectivity index (χ2v) is 5.68. The zero-order valence-corrected chi connectivity index (χ0v) is 11.8. The van der Waals surface area contributed by atoms with Crippen molar-refractivity contribution in [1.29, 1.82) is 0 Å². The Morgan fingerprint density at radius 3 is 2.67 bits per heavy atom. The Morgan fingerprint density at radius 1 is 1.29 bits per heavy atom. The summed E-state index contributed by atoms with van der Waals surface area (Å²) in [7, 11) is 0. The largest absolute Gasteiger partial charge is 0.417 e. The van der Waals surface area contributed by atoms with Crippen molar-refractivity contribution in [2.45, 2.75) is 19.5 Å². The van der Waals surface area contributed by atoms with Crippen LogP contribution in [0.2, 0.25) is 0 Å². The van der Waals surface area contributed by atoms with E-state index in [2.05, 4.69) is 10.2 Å². The molecule has 3 rings (SSSR count). The van der Waals surface area contributed by atoms with Gasteiger partial charge in [0.15, 0.2) is 11.5 Å². The Balaban J connectivity index is 2.20. The van der Waals surface area contributed by atoms with E-state index in [4.69, 9.17) is 5.73 Å². The summed E-state index contributed by atoms with van der Waals surface area (Å²) in [6.45, 7) is 1.98. The molecule has 3 aromatic rings. The molecule has 2 N–H and O–H groups in total. The van der Waals surface area contributed by atoms with Crippen molar-refractivity contribution in [2.75, 3.05) is 5.73 Å². The first-order chi connectivity index (χ1) is 9.90. The van der Waals surface area contributed by atoms with Crippen molar-refractivity contribution >= 4 is 22.0 Å². The van der Waals surface area contributed by atoms with Gasteiger partial charge in [0.1, 0.15) is 0 Å². The summed E-state index contributed by atoms with van der Waals surface area (Å²) in [4.78, 5) is 1.05. The SMILES string of the molecule is CCc1cc(-c2nnc3ccc(C(F)(F)F)cn23)c(N)s1. The predicted molar refractivity (Wildman–Crippen MR) is 75.1 cm³/mol. The summed E-state index contributed by atoms with van der Waals surface area (Å²) in [5.74, 6) is 0.324. The van der Waals surface area contributed by atoms with Crippen LogP contribution in [0, 0.1) is 0 Å². The van der Waals surface area contributed by atoms with Crippen molar-refractivity contribution in [3.05, 3.63) is 34.8 Å². The molecule has 0 aliphatic rings. The highest BCUT2D eigenvalue weighted by molar-refractivity contribution is 7.16. The van der Waals surface area contributed by atoms with Gasteiger partial charge in [-0.25, -0.2) is 0 Å². The van der Waals surface area contributed by atoms with E-state index in [0.29, 0.717) is 22.0 Å². The highest BCUT2D eigenvalue weighted by atomic mass is 32.1. The van der Waals surface area contributed by atoms with Crippen LogP contribution in [-0.4, -0.2) is 14.6 Å². The number of aromatic nitrogens is 3. The molecule has 3 heterocycles. The molecular weight excluding hydrogens is 301 g/mol. The molecule has 0 bridgehead atoms. The van der Waals surface area contributed by atoms with E-state index in [1.165, 1.54) is 21.8 Å². The van der Waals surface area contributed by atoms with Crippen LogP contribution >= 0.6 is 11.3 Å². The molecule has 0 amide bonds. The molecule has 4 nitrogen and oxygen atoms in total. The topological polar surface area (TPSA) is 56.2 Å². The fraction of sp³-hybridized carbons (Fsp3) is 0.231. The lowest BCUT2D eigenvalue weighted by molar-refractivity contribution is -0.137. The Kier molecular flexibility index (Phi) is 3.12. The van der Waals surface area contributed by atoms with Gasteiger partial charge in [-0.3, -0.25) is 4.40 Å². The maximum absolute atomic E-state index is 12.8. The van der Waals surface area contributed by atoms with Gasteiger partial charge in [0.2, 0.25) is 0 Å². The minimum atomic E-state index is -4.41. The molecular formula is C13H11F3N4S. The number of thiophene rings is 1. The van der Waals surface area contributed by atoms with Gasteiger partial charge in [-0.05, 0) is 24.6 Å². The van der Waals surface area contributed by atoms with Crippen LogP contribution in [0.15, 0.2) is 24.4 Å². The van der Waals surface area contributed by atoms with Crippen molar-refractivity contribution in [3.8, 4) is 11.4 Å². The van der Waals surface area contributed by atoms with Crippen LogP contribution in [0.4, 0.5) is 18.2 Å². The normalized spacial score (nSPS) is 12.2. The first-order valence-corrected chi connectivity index (χ1v) is 7.02. The van der Waals surface area contributed by atoms with E-state index in [1.807, 2.05) is 13.0 Å². The first kappa shape index (κ1) is 13.9. The number of nitrogens with two attached hydrogens (primary N) is 1. The Labute approximate surface area is 122 Å². The molecule has 0 fully saturated rings.